The molecule has 0 aliphatic carbocycles. The van der Waals surface area contributed by atoms with E-state index in [9.17, 15) is 14.4 Å². The molecule has 29 heavy (non-hydrogen) atoms. The normalized spacial score (nSPS) is 16.7. The van der Waals surface area contributed by atoms with E-state index in [1.165, 1.54) is 22.3 Å². The molecule has 2 aromatic heterocycles. The van der Waals surface area contributed by atoms with E-state index in [0.29, 0.717) is 23.7 Å². The van der Waals surface area contributed by atoms with Crippen LogP contribution in [0.3, 0.4) is 0 Å². The van der Waals surface area contributed by atoms with E-state index in [1.807, 2.05) is 24.3 Å². The number of ether oxygens (including phenoxy) is 1. The lowest BCUT2D eigenvalue weighted by Crippen LogP contribution is -2.51. The number of piperidine rings is 1. The maximum atomic E-state index is 12.4. The summed E-state index contributed by atoms with van der Waals surface area (Å²) in [5, 5.41) is 0.652. The van der Waals surface area contributed by atoms with Gasteiger partial charge in [-0.05, 0) is 43.5 Å². The molecule has 1 aromatic carbocycles. The van der Waals surface area contributed by atoms with Gasteiger partial charge in [-0.2, -0.15) is 0 Å². The smallest absolute Gasteiger partial charge is 0.374 e. The molecule has 9 heteroatoms. The van der Waals surface area contributed by atoms with E-state index in [2.05, 4.69) is 4.98 Å². The van der Waals surface area contributed by atoms with Gasteiger partial charge in [0.25, 0.3) is 5.91 Å². The first-order valence-corrected chi connectivity index (χ1v) is 10.1. The average molecular weight is 413 g/mol. The van der Waals surface area contributed by atoms with Crippen molar-refractivity contribution in [2.75, 3.05) is 13.2 Å². The van der Waals surface area contributed by atoms with E-state index in [4.69, 9.17) is 14.9 Å². The van der Waals surface area contributed by atoms with Crippen LogP contribution >= 0.6 is 11.3 Å². The third-order valence-electron chi connectivity index (χ3n) is 4.79. The monoisotopic (exact) mass is 413 g/mol. The lowest BCUT2D eigenvalue weighted by molar-refractivity contribution is -0.143. The number of likely N-dealkylation sites (tertiary alicyclic amines) is 1. The van der Waals surface area contributed by atoms with Crippen LogP contribution in [0, 0.1) is 0 Å². The fraction of sp³-hybridized carbons (Fsp3) is 0.300. The maximum Gasteiger partial charge on any atom is 0.374 e. The number of primary amides is 1. The number of aromatic nitrogens is 1. The van der Waals surface area contributed by atoms with Crippen LogP contribution in [0.4, 0.5) is 0 Å². The number of esters is 1. The van der Waals surface area contributed by atoms with Gasteiger partial charge in [-0.15, -0.1) is 11.3 Å². The lowest BCUT2D eigenvalue weighted by atomic mass is 10.0. The van der Waals surface area contributed by atoms with Crippen LogP contribution in [-0.4, -0.2) is 46.9 Å². The van der Waals surface area contributed by atoms with Gasteiger partial charge in [-0.25, -0.2) is 9.78 Å². The van der Waals surface area contributed by atoms with Crippen molar-refractivity contribution in [1.82, 2.24) is 9.88 Å². The van der Waals surface area contributed by atoms with Gasteiger partial charge in [0.15, 0.2) is 17.4 Å². The Labute approximate surface area is 170 Å². The van der Waals surface area contributed by atoms with Crippen molar-refractivity contribution in [2.45, 2.75) is 25.3 Å². The fourth-order valence-corrected chi connectivity index (χ4v) is 4.27. The van der Waals surface area contributed by atoms with Gasteiger partial charge in [-0.3, -0.25) is 9.59 Å². The zero-order valence-corrected chi connectivity index (χ0v) is 16.3. The largest absolute Gasteiger partial charge is 0.450 e. The summed E-state index contributed by atoms with van der Waals surface area (Å²) in [4.78, 5) is 42.0. The van der Waals surface area contributed by atoms with Crippen LogP contribution in [0.1, 0.15) is 29.8 Å². The summed E-state index contributed by atoms with van der Waals surface area (Å²) in [6.07, 6.45) is 2.14. The van der Waals surface area contributed by atoms with Crippen LogP contribution < -0.4 is 5.73 Å². The quantitative estimate of drug-likeness (QED) is 0.643. The molecule has 1 aliphatic heterocycles. The van der Waals surface area contributed by atoms with Crippen molar-refractivity contribution in [1.29, 1.82) is 0 Å². The Balaban J connectivity index is 1.40. The molecular formula is C20H19N3O5S. The minimum absolute atomic E-state index is 0.0165. The predicted octanol–water partition coefficient (Wildman–Crippen LogP) is 2.58. The van der Waals surface area contributed by atoms with Gasteiger partial charge in [0.05, 0.1) is 10.2 Å². The number of nitrogens with zero attached hydrogens (tertiary/aromatic N) is 2. The first kappa shape index (κ1) is 19.1. The highest BCUT2D eigenvalue weighted by atomic mass is 32.1. The Bertz CT molecular complexity index is 1040. The molecule has 0 radical (unpaired) electrons. The molecule has 1 aliphatic rings. The summed E-state index contributed by atoms with van der Waals surface area (Å²) in [6, 6.07) is 10.2. The van der Waals surface area contributed by atoms with E-state index in [1.54, 1.807) is 6.07 Å². The van der Waals surface area contributed by atoms with Crippen molar-refractivity contribution in [3.63, 3.8) is 0 Å². The Kier molecular flexibility index (Phi) is 5.30. The highest BCUT2D eigenvalue weighted by molar-refractivity contribution is 7.21. The molecule has 3 heterocycles. The average Bonchev–Trinajstić information content (AvgIpc) is 3.38. The Morgan fingerprint density at radius 1 is 1.21 bits per heavy atom. The molecular weight excluding hydrogens is 394 g/mol. The van der Waals surface area contributed by atoms with Crippen molar-refractivity contribution in [3.05, 3.63) is 42.2 Å². The zero-order valence-electron chi connectivity index (χ0n) is 15.5. The summed E-state index contributed by atoms with van der Waals surface area (Å²) >= 11 is 1.45. The number of benzene rings is 1. The van der Waals surface area contributed by atoms with Crippen LogP contribution in [-0.2, 0) is 14.3 Å². The minimum atomic E-state index is -0.752. The second-order valence-electron chi connectivity index (χ2n) is 6.73. The Morgan fingerprint density at radius 2 is 2.03 bits per heavy atom. The van der Waals surface area contributed by atoms with Gasteiger partial charge in [0, 0.05) is 6.54 Å². The predicted molar refractivity (Wildman–Crippen MR) is 106 cm³/mol. The molecule has 0 saturated carbocycles. The molecule has 0 unspecified atom stereocenters. The van der Waals surface area contributed by atoms with E-state index < -0.39 is 30.4 Å². The number of carbonyl (C=O) groups excluding carboxylic acids is 3. The summed E-state index contributed by atoms with van der Waals surface area (Å²) in [7, 11) is 0. The summed E-state index contributed by atoms with van der Waals surface area (Å²) in [5.41, 5.74) is 6.22. The summed E-state index contributed by atoms with van der Waals surface area (Å²) < 4.78 is 11.7. The Morgan fingerprint density at radius 3 is 2.83 bits per heavy atom. The van der Waals surface area contributed by atoms with Crippen LogP contribution in [0.5, 0.6) is 0 Å². The number of carbonyl (C=O) groups is 3. The number of para-hydroxylation sites is 1. The van der Waals surface area contributed by atoms with Crippen molar-refractivity contribution < 1.29 is 23.5 Å². The zero-order chi connectivity index (χ0) is 20.4. The molecule has 2 amide bonds. The first-order chi connectivity index (χ1) is 14.0. The third-order valence-corrected chi connectivity index (χ3v) is 5.84. The fourth-order valence-electron chi connectivity index (χ4n) is 3.35. The highest BCUT2D eigenvalue weighted by Gasteiger charge is 2.31. The van der Waals surface area contributed by atoms with Gasteiger partial charge in [0.1, 0.15) is 6.04 Å². The number of thiazole rings is 1. The van der Waals surface area contributed by atoms with Gasteiger partial charge >= 0.3 is 5.97 Å². The standard InChI is InChI=1S/C20H19N3O5S/c21-18(25)13-6-3-4-10-23(13)17(24)11-27-20(26)15-9-8-14(28-15)19-22-12-5-1-2-7-16(12)29-19/h1-2,5,7-9,13H,3-4,6,10-11H2,(H2,21,25)/t13-/m0/s1. The number of furan rings is 1. The minimum Gasteiger partial charge on any atom is -0.450 e. The molecule has 1 fully saturated rings. The number of nitrogens with two attached hydrogens (primary N) is 1. The highest BCUT2D eigenvalue weighted by Crippen LogP contribution is 2.31. The Hall–Kier alpha value is -3.20. The molecule has 0 spiro atoms. The molecule has 0 bridgehead atoms. The number of hydrogen-bond donors (Lipinski definition) is 1. The third kappa shape index (κ3) is 4.00. The van der Waals surface area contributed by atoms with Gasteiger partial charge in [0.2, 0.25) is 11.7 Å². The lowest BCUT2D eigenvalue weighted by Gasteiger charge is -2.33. The maximum absolute atomic E-state index is 12.4. The van der Waals surface area contributed by atoms with E-state index in [-0.39, 0.29) is 5.76 Å². The first-order valence-electron chi connectivity index (χ1n) is 9.24. The van der Waals surface area contributed by atoms with Crippen molar-refractivity contribution >= 4 is 39.3 Å². The number of amides is 2. The molecule has 1 saturated heterocycles. The molecule has 150 valence electrons. The van der Waals surface area contributed by atoms with E-state index in [0.717, 1.165) is 23.1 Å². The van der Waals surface area contributed by atoms with Crippen LogP contribution in [0.15, 0.2) is 40.8 Å². The second kappa shape index (κ2) is 8.04. The molecule has 2 N–H and O–H groups in total. The van der Waals surface area contributed by atoms with Crippen molar-refractivity contribution in [3.8, 4) is 10.8 Å². The van der Waals surface area contributed by atoms with Gasteiger partial charge < -0.3 is 19.8 Å². The summed E-state index contributed by atoms with van der Waals surface area (Å²) in [6.45, 7) is -0.0493. The number of hydrogen-bond acceptors (Lipinski definition) is 7. The number of fused-ring (bicyclic) bond motifs is 1. The molecule has 3 aromatic rings. The molecule has 8 nitrogen and oxygen atoms in total. The van der Waals surface area contributed by atoms with Crippen LogP contribution in [0.2, 0.25) is 0 Å². The summed E-state index contributed by atoms with van der Waals surface area (Å²) in [5.74, 6) is -1.31. The van der Waals surface area contributed by atoms with E-state index >= 15 is 0 Å². The topological polar surface area (TPSA) is 116 Å². The molecule has 4 rings (SSSR count). The number of rotatable bonds is 5. The van der Waals surface area contributed by atoms with Gasteiger partial charge in [-0.1, -0.05) is 12.1 Å². The SMILES string of the molecule is NC(=O)[C@@H]1CCCCN1C(=O)COC(=O)c1ccc(-c2nc3ccccc3s2)o1. The van der Waals surface area contributed by atoms with Crippen molar-refractivity contribution in [2.24, 2.45) is 5.73 Å². The second-order valence-corrected chi connectivity index (χ2v) is 7.76. The van der Waals surface area contributed by atoms with Crippen LogP contribution in [0.25, 0.3) is 21.0 Å². The molecule has 1 atom stereocenters.